The van der Waals surface area contributed by atoms with Crippen molar-refractivity contribution in [2.45, 2.75) is 42.9 Å². The van der Waals surface area contributed by atoms with Gasteiger partial charge >= 0.3 is 0 Å². The van der Waals surface area contributed by atoms with Crippen LogP contribution in [-0.2, 0) is 33.4 Å². The van der Waals surface area contributed by atoms with Crippen LogP contribution in [0.15, 0.2) is 96.3 Å². The van der Waals surface area contributed by atoms with Gasteiger partial charge in [-0.05, 0) is 42.2 Å². The highest BCUT2D eigenvalue weighted by Crippen LogP contribution is 2.23. The van der Waals surface area contributed by atoms with E-state index in [0.717, 1.165) is 18.4 Å². The van der Waals surface area contributed by atoms with Crippen molar-refractivity contribution < 1.29 is 22.3 Å². The fraction of sp³-hybridized carbons (Fsp3) is 0.267. The number of aromatic nitrogens is 2. The van der Waals surface area contributed by atoms with Gasteiger partial charge in [0.25, 0.3) is 5.91 Å². The summed E-state index contributed by atoms with van der Waals surface area (Å²) < 4.78 is 48.5. The highest BCUT2D eigenvalue weighted by Gasteiger charge is 2.28. The minimum absolute atomic E-state index is 0.0551. The van der Waals surface area contributed by atoms with Gasteiger partial charge in [0.2, 0.25) is 15.0 Å². The first-order valence-electron chi connectivity index (χ1n) is 12.9. The van der Waals surface area contributed by atoms with Gasteiger partial charge in [-0.15, -0.1) is 0 Å². The van der Waals surface area contributed by atoms with Crippen LogP contribution in [0.4, 0.5) is 4.39 Å². The summed E-state index contributed by atoms with van der Waals surface area (Å²) in [7, 11) is -3.81. The van der Waals surface area contributed by atoms with Crippen LogP contribution in [0.5, 0.6) is 0 Å². The lowest BCUT2D eigenvalue weighted by Gasteiger charge is -2.26. The van der Waals surface area contributed by atoms with Crippen LogP contribution in [0, 0.1) is 5.82 Å². The zero-order chi connectivity index (χ0) is 27.2. The monoisotopic (exact) mass is 547 g/mol. The lowest BCUT2D eigenvalue weighted by atomic mass is 10.1. The fourth-order valence-electron chi connectivity index (χ4n) is 4.81. The van der Waals surface area contributed by atoms with Crippen LogP contribution < -0.4 is 0 Å². The molecule has 1 amide bonds. The molecule has 7 nitrogen and oxygen atoms in total. The summed E-state index contributed by atoms with van der Waals surface area (Å²) in [6, 6.07) is 24.1. The Balaban J connectivity index is 1.51. The first-order valence-corrected chi connectivity index (χ1v) is 14.6. The van der Waals surface area contributed by atoms with Gasteiger partial charge in [0.15, 0.2) is 0 Å². The van der Waals surface area contributed by atoms with Gasteiger partial charge < -0.3 is 14.2 Å². The second kappa shape index (κ2) is 11.9. The van der Waals surface area contributed by atoms with Crippen LogP contribution in [0.2, 0.25) is 0 Å². The Labute approximate surface area is 227 Å². The van der Waals surface area contributed by atoms with E-state index in [0.29, 0.717) is 24.4 Å². The van der Waals surface area contributed by atoms with Gasteiger partial charge in [0.1, 0.15) is 5.82 Å². The maximum Gasteiger partial charge on any atom is 0.254 e. The van der Waals surface area contributed by atoms with Crippen molar-refractivity contribution in [2.75, 3.05) is 13.2 Å². The molecule has 4 aromatic rings. The van der Waals surface area contributed by atoms with Crippen molar-refractivity contribution in [1.82, 2.24) is 14.5 Å². The minimum Gasteiger partial charge on any atom is -0.376 e. The molecule has 0 N–H and O–H groups in total. The second-order valence-corrected chi connectivity index (χ2v) is 11.6. The number of hydrogen-bond acceptors (Lipinski definition) is 5. The first-order chi connectivity index (χ1) is 18.9. The lowest BCUT2D eigenvalue weighted by molar-refractivity contribution is 0.0501. The number of nitrogens with zero attached hydrogens (tertiary/aromatic N) is 3. The molecule has 2 heterocycles. The molecule has 1 saturated heterocycles. The Morgan fingerprint density at radius 1 is 1.00 bits per heavy atom. The highest BCUT2D eigenvalue weighted by molar-refractivity contribution is 7.90. The molecule has 9 heteroatoms. The smallest absolute Gasteiger partial charge is 0.254 e. The molecule has 0 radical (unpaired) electrons. The van der Waals surface area contributed by atoms with Crippen LogP contribution in [-0.4, -0.2) is 48.0 Å². The molecule has 3 aromatic carbocycles. The quantitative estimate of drug-likeness (QED) is 0.283. The normalized spacial score (nSPS) is 15.4. The van der Waals surface area contributed by atoms with E-state index in [9.17, 15) is 17.6 Å². The maximum atomic E-state index is 14.0. The highest BCUT2D eigenvalue weighted by atomic mass is 32.2. The predicted octanol–water partition coefficient (Wildman–Crippen LogP) is 4.87. The molecular formula is C30H30FN3O4S. The lowest BCUT2D eigenvalue weighted by Crippen LogP contribution is -2.37. The van der Waals surface area contributed by atoms with Crippen molar-refractivity contribution in [3.63, 3.8) is 0 Å². The van der Waals surface area contributed by atoms with E-state index in [1.165, 1.54) is 24.4 Å². The topological polar surface area (TPSA) is 81.5 Å². The summed E-state index contributed by atoms with van der Waals surface area (Å²) >= 11 is 0. The minimum atomic E-state index is -3.81. The van der Waals surface area contributed by atoms with E-state index in [4.69, 9.17) is 4.74 Å². The summed E-state index contributed by atoms with van der Waals surface area (Å²) in [4.78, 5) is 19.5. The third kappa shape index (κ3) is 6.61. The Morgan fingerprint density at radius 2 is 1.72 bits per heavy atom. The van der Waals surface area contributed by atoms with Crippen molar-refractivity contribution >= 4 is 15.7 Å². The van der Waals surface area contributed by atoms with E-state index >= 15 is 0 Å². The van der Waals surface area contributed by atoms with Gasteiger partial charge in [-0.1, -0.05) is 66.7 Å². The molecule has 1 aliphatic heterocycles. The Kier molecular flexibility index (Phi) is 8.18. The molecular weight excluding hydrogens is 517 g/mol. The molecule has 202 valence electrons. The Morgan fingerprint density at radius 3 is 2.38 bits per heavy atom. The number of imidazole rings is 1. The molecule has 1 atom stereocenters. The first kappa shape index (κ1) is 26.8. The van der Waals surface area contributed by atoms with Crippen LogP contribution in [0.1, 0.15) is 40.0 Å². The molecule has 1 aromatic heterocycles. The van der Waals surface area contributed by atoms with Crippen molar-refractivity contribution in [3.05, 3.63) is 119 Å². The van der Waals surface area contributed by atoms with Gasteiger partial charge in [-0.3, -0.25) is 4.79 Å². The van der Waals surface area contributed by atoms with Crippen molar-refractivity contribution in [1.29, 1.82) is 0 Å². The standard InChI is InChI=1S/C30H30FN3O4S/c31-26-14-7-13-25(17-26)29(35)33(21-28-15-8-16-38-28)20-27-18-32-30(34(27)19-23-9-3-1-4-10-23)39(36,37)22-24-11-5-2-6-12-24/h1-7,9-14,17-18,28H,8,15-16,19-22H2. The second-order valence-electron chi connectivity index (χ2n) is 9.68. The summed E-state index contributed by atoms with van der Waals surface area (Å²) in [5.41, 5.74) is 2.34. The zero-order valence-electron chi connectivity index (χ0n) is 21.4. The number of hydrogen-bond donors (Lipinski definition) is 0. The average Bonchev–Trinajstić information content (AvgIpc) is 3.59. The SMILES string of the molecule is O=C(c1cccc(F)c1)N(Cc1cnc(S(=O)(=O)Cc2ccccc2)n1Cc1ccccc1)CC1CCCO1. The van der Waals surface area contributed by atoms with Gasteiger partial charge in [0.05, 0.1) is 36.8 Å². The van der Waals surface area contributed by atoms with Gasteiger partial charge in [-0.25, -0.2) is 17.8 Å². The summed E-state index contributed by atoms with van der Waals surface area (Å²) in [5.74, 6) is -1.05. The molecule has 1 aliphatic rings. The molecule has 0 spiro atoms. The molecule has 1 unspecified atom stereocenters. The molecule has 5 rings (SSSR count). The number of carbonyl (C=O) groups excluding carboxylic acids is 1. The predicted molar refractivity (Wildman–Crippen MR) is 145 cm³/mol. The third-order valence-electron chi connectivity index (χ3n) is 6.72. The number of amides is 1. The number of benzene rings is 3. The van der Waals surface area contributed by atoms with E-state index < -0.39 is 15.7 Å². The Hall–Kier alpha value is -3.82. The molecule has 1 fully saturated rings. The van der Waals surface area contributed by atoms with E-state index in [1.807, 2.05) is 36.4 Å². The number of halogens is 1. The summed E-state index contributed by atoms with van der Waals surface area (Å²) in [6.07, 6.45) is 3.09. The van der Waals surface area contributed by atoms with Crippen LogP contribution in [0.3, 0.4) is 0 Å². The summed E-state index contributed by atoms with van der Waals surface area (Å²) in [6.45, 7) is 1.29. The molecule has 0 saturated carbocycles. The maximum absolute atomic E-state index is 14.0. The van der Waals surface area contributed by atoms with Gasteiger partial charge in [-0.2, -0.15) is 0 Å². The third-order valence-corrected chi connectivity index (χ3v) is 8.32. The average molecular weight is 548 g/mol. The van der Waals surface area contributed by atoms with Gasteiger partial charge in [0, 0.05) is 18.7 Å². The van der Waals surface area contributed by atoms with Crippen LogP contribution >= 0.6 is 0 Å². The molecule has 39 heavy (non-hydrogen) atoms. The van der Waals surface area contributed by atoms with Crippen LogP contribution in [0.25, 0.3) is 0 Å². The number of carbonyl (C=O) groups is 1. The fourth-order valence-corrected chi connectivity index (χ4v) is 6.30. The molecule has 0 bridgehead atoms. The van der Waals surface area contributed by atoms with Crippen molar-refractivity contribution in [2.24, 2.45) is 0 Å². The largest absolute Gasteiger partial charge is 0.376 e. The number of ether oxygens (including phenoxy) is 1. The van der Waals surface area contributed by atoms with E-state index in [-0.39, 0.29) is 41.6 Å². The van der Waals surface area contributed by atoms with E-state index in [2.05, 4.69) is 4.98 Å². The Bertz CT molecular complexity index is 1520. The van der Waals surface area contributed by atoms with Crippen molar-refractivity contribution in [3.8, 4) is 0 Å². The number of rotatable bonds is 10. The zero-order valence-corrected chi connectivity index (χ0v) is 22.3. The van der Waals surface area contributed by atoms with E-state index in [1.54, 1.807) is 39.8 Å². The summed E-state index contributed by atoms with van der Waals surface area (Å²) in [5, 5.41) is -0.0551. The number of sulfone groups is 1. The molecule has 0 aliphatic carbocycles.